The van der Waals surface area contributed by atoms with Crippen molar-refractivity contribution in [1.29, 1.82) is 0 Å². The van der Waals surface area contributed by atoms with Crippen LogP contribution < -0.4 is 11.0 Å². The largest absolute Gasteiger partial charge is 0.364 e. The average Bonchev–Trinajstić information content (AvgIpc) is 3.11. The fourth-order valence-electron chi connectivity index (χ4n) is 3.14. The first-order valence-electron chi connectivity index (χ1n) is 8.96. The molecule has 4 aromatic rings. The summed E-state index contributed by atoms with van der Waals surface area (Å²) in [5, 5.41) is 3.38. The van der Waals surface area contributed by atoms with Crippen LogP contribution in [-0.4, -0.2) is 15.0 Å². The highest BCUT2D eigenvalue weighted by Gasteiger charge is 2.13. The smallest absolute Gasteiger partial charge is 0.323 e. The molecule has 0 radical (unpaired) electrons. The lowest BCUT2D eigenvalue weighted by atomic mass is 10.1. The third-order valence-electron chi connectivity index (χ3n) is 4.57. The van der Waals surface area contributed by atoms with Gasteiger partial charge in [-0.3, -0.25) is 0 Å². The van der Waals surface area contributed by atoms with E-state index < -0.39 is 0 Å². The Bertz CT molecular complexity index is 1130. The zero-order valence-corrected chi connectivity index (χ0v) is 15.2. The van der Waals surface area contributed by atoms with Crippen molar-refractivity contribution in [3.05, 3.63) is 94.8 Å². The van der Waals surface area contributed by atoms with Crippen molar-refractivity contribution in [2.24, 2.45) is 0 Å². The van der Waals surface area contributed by atoms with Gasteiger partial charge in [0.05, 0.1) is 11.4 Å². The summed E-state index contributed by atoms with van der Waals surface area (Å²) >= 11 is 0. The number of aromatic nitrogens is 3. The number of hydrogen-bond donors (Lipinski definition) is 3. The van der Waals surface area contributed by atoms with E-state index in [1.54, 1.807) is 18.3 Å². The Morgan fingerprint density at radius 2 is 1.61 bits per heavy atom. The van der Waals surface area contributed by atoms with E-state index in [1.165, 1.54) is 12.1 Å². The molecule has 0 saturated carbocycles. The fourth-order valence-corrected chi connectivity index (χ4v) is 3.14. The molecule has 0 aliphatic heterocycles. The van der Waals surface area contributed by atoms with Crippen LogP contribution in [0.2, 0.25) is 0 Å². The highest BCUT2D eigenvalue weighted by Crippen LogP contribution is 2.29. The Labute approximate surface area is 161 Å². The summed E-state index contributed by atoms with van der Waals surface area (Å²) < 4.78 is 13.2. The fraction of sp³-hybridized carbons (Fsp3) is 0.0909. The first-order valence-corrected chi connectivity index (χ1v) is 8.96. The van der Waals surface area contributed by atoms with Crippen LogP contribution in [0.25, 0.3) is 22.5 Å². The van der Waals surface area contributed by atoms with Crippen LogP contribution in [0.3, 0.4) is 0 Å². The van der Waals surface area contributed by atoms with Gasteiger partial charge in [0.1, 0.15) is 11.6 Å². The maximum atomic E-state index is 13.2. The lowest BCUT2D eigenvalue weighted by molar-refractivity contribution is 0.628. The van der Waals surface area contributed by atoms with E-state index in [4.69, 9.17) is 0 Å². The van der Waals surface area contributed by atoms with Gasteiger partial charge in [-0.25, -0.2) is 14.2 Å². The minimum Gasteiger partial charge on any atom is -0.364 e. The minimum atomic E-state index is -0.325. The third-order valence-corrected chi connectivity index (χ3v) is 4.57. The molecule has 28 heavy (non-hydrogen) atoms. The Balaban J connectivity index is 1.67. The van der Waals surface area contributed by atoms with Gasteiger partial charge in [0.15, 0.2) is 0 Å². The van der Waals surface area contributed by atoms with Gasteiger partial charge in [0.2, 0.25) is 0 Å². The molecule has 0 aliphatic carbocycles. The minimum absolute atomic E-state index is 0.0748. The van der Waals surface area contributed by atoms with E-state index in [0.717, 1.165) is 16.7 Å². The molecule has 0 saturated heterocycles. The van der Waals surface area contributed by atoms with Crippen molar-refractivity contribution in [2.45, 2.75) is 13.0 Å². The maximum absolute atomic E-state index is 13.2. The number of benzene rings is 2. The molecule has 2 heterocycles. The number of hydrogen-bond acceptors (Lipinski definition) is 3. The van der Waals surface area contributed by atoms with Gasteiger partial charge < -0.3 is 15.3 Å². The zero-order valence-electron chi connectivity index (χ0n) is 15.2. The van der Waals surface area contributed by atoms with Crippen LogP contribution in [0.5, 0.6) is 0 Å². The lowest BCUT2D eigenvalue weighted by Gasteiger charge is -2.15. The SMILES string of the molecule is C[C@@H](Nc1cc(-c2[nH]c(=O)[nH]c2-c2ccc(F)cc2)ccn1)c1ccccc1. The van der Waals surface area contributed by atoms with Gasteiger partial charge >= 0.3 is 5.69 Å². The number of halogens is 1. The molecular weight excluding hydrogens is 355 g/mol. The maximum Gasteiger partial charge on any atom is 0.323 e. The van der Waals surface area contributed by atoms with E-state index >= 15 is 0 Å². The molecule has 2 aromatic carbocycles. The molecule has 0 bridgehead atoms. The van der Waals surface area contributed by atoms with Gasteiger partial charge in [-0.15, -0.1) is 0 Å². The molecule has 0 fully saturated rings. The zero-order chi connectivity index (χ0) is 19.5. The van der Waals surface area contributed by atoms with E-state index in [2.05, 4.69) is 39.3 Å². The average molecular weight is 374 g/mol. The van der Waals surface area contributed by atoms with Crippen molar-refractivity contribution >= 4 is 5.82 Å². The monoisotopic (exact) mass is 374 g/mol. The second-order valence-corrected chi connectivity index (χ2v) is 6.54. The summed E-state index contributed by atoms with van der Waals surface area (Å²) in [5.74, 6) is 0.370. The van der Waals surface area contributed by atoms with Crippen LogP contribution in [0.1, 0.15) is 18.5 Å². The van der Waals surface area contributed by atoms with Gasteiger partial charge in [-0.2, -0.15) is 0 Å². The molecule has 3 N–H and O–H groups in total. The second-order valence-electron chi connectivity index (χ2n) is 6.54. The van der Waals surface area contributed by atoms with Gasteiger partial charge in [0.25, 0.3) is 0 Å². The Kier molecular flexibility index (Phi) is 4.76. The molecule has 5 nitrogen and oxygen atoms in total. The highest BCUT2D eigenvalue weighted by atomic mass is 19.1. The van der Waals surface area contributed by atoms with E-state index in [1.807, 2.05) is 30.3 Å². The lowest BCUT2D eigenvalue weighted by Crippen LogP contribution is -2.07. The van der Waals surface area contributed by atoms with Crippen LogP contribution in [0, 0.1) is 5.82 Å². The molecule has 0 amide bonds. The van der Waals surface area contributed by atoms with Crippen LogP contribution in [0.4, 0.5) is 10.2 Å². The van der Waals surface area contributed by atoms with Crippen molar-refractivity contribution in [3.8, 4) is 22.5 Å². The molecular formula is C22H19FN4O. The molecule has 1 atom stereocenters. The Morgan fingerprint density at radius 3 is 2.32 bits per heavy atom. The molecule has 6 heteroatoms. The van der Waals surface area contributed by atoms with Gasteiger partial charge in [-0.1, -0.05) is 30.3 Å². The van der Waals surface area contributed by atoms with Gasteiger partial charge in [0, 0.05) is 23.4 Å². The first kappa shape index (κ1) is 17.7. The van der Waals surface area contributed by atoms with Crippen molar-refractivity contribution in [1.82, 2.24) is 15.0 Å². The molecule has 140 valence electrons. The third kappa shape index (κ3) is 3.71. The number of H-pyrrole nitrogens is 2. The van der Waals surface area contributed by atoms with Crippen LogP contribution in [-0.2, 0) is 0 Å². The Hall–Kier alpha value is -3.67. The summed E-state index contributed by atoms with van der Waals surface area (Å²) in [7, 11) is 0. The Morgan fingerprint density at radius 1 is 0.929 bits per heavy atom. The number of aromatic amines is 2. The first-order chi connectivity index (χ1) is 13.6. The van der Waals surface area contributed by atoms with Gasteiger partial charge in [-0.05, 0) is 48.9 Å². The summed E-state index contributed by atoms with van der Waals surface area (Å²) in [5.41, 5.74) is 3.59. The molecule has 0 spiro atoms. The summed E-state index contributed by atoms with van der Waals surface area (Å²) in [6.07, 6.45) is 1.69. The second kappa shape index (κ2) is 7.52. The number of anilines is 1. The van der Waals surface area contributed by atoms with Crippen molar-refractivity contribution in [2.75, 3.05) is 5.32 Å². The number of nitrogens with zero attached hydrogens (tertiary/aromatic N) is 1. The quantitative estimate of drug-likeness (QED) is 0.472. The standard InChI is InChI=1S/C22H19FN4O/c1-14(15-5-3-2-4-6-15)25-19-13-17(11-12-24-19)21-20(26-22(28)27-21)16-7-9-18(23)10-8-16/h2-14H,1H3,(H,24,25)(H2,26,27,28)/t14-/m1/s1. The summed E-state index contributed by atoms with van der Waals surface area (Å²) in [6, 6.07) is 19.9. The van der Waals surface area contributed by atoms with E-state index in [9.17, 15) is 9.18 Å². The number of imidazole rings is 1. The predicted octanol–water partition coefficient (Wildman–Crippen LogP) is 4.74. The molecule has 4 rings (SSSR count). The molecule has 0 aliphatic rings. The topological polar surface area (TPSA) is 73.6 Å². The number of nitrogens with one attached hydrogen (secondary N) is 3. The van der Waals surface area contributed by atoms with Crippen molar-refractivity contribution < 1.29 is 4.39 Å². The number of rotatable bonds is 5. The van der Waals surface area contributed by atoms with Crippen LogP contribution >= 0.6 is 0 Å². The predicted molar refractivity (Wildman–Crippen MR) is 109 cm³/mol. The van der Waals surface area contributed by atoms with Crippen molar-refractivity contribution in [3.63, 3.8) is 0 Å². The number of pyridine rings is 1. The van der Waals surface area contributed by atoms with E-state index in [0.29, 0.717) is 17.2 Å². The summed E-state index contributed by atoms with van der Waals surface area (Å²) in [6.45, 7) is 2.06. The van der Waals surface area contributed by atoms with E-state index in [-0.39, 0.29) is 17.5 Å². The normalized spacial score (nSPS) is 11.9. The molecule has 0 unspecified atom stereocenters. The summed E-state index contributed by atoms with van der Waals surface area (Å²) in [4.78, 5) is 22.0. The van der Waals surface area contributed by atoms with Crippen LogP contribution in [0.15, 0.2) is 77.7 Å². The molecule has 2 aromatic heterocycles. The highest BCUT2D eigenvalue weighted by molar-refractivity contribution is 5.78.